The molecule has 1 atom stereocenters. The van der Waals surface area contributed by atoms with Crippen molar-refractivity contribution in [3.05, 3.63) is 75.7 Å². The predicted octanol–water partition coefficient (Wildman–Crippen LogP) is 4.20. The van der Waals surface area contributed by atoms with Crippen molar-refractivity contribution in [1.82, 2.24) is 4.73 Å². The smallest absolute Gasteiger partial charge is 0.474 e. The molecule has 3 N–H and O–H groups in total. The molecule has 0 fully saturated rings. The second kappa shape index (κ2) is 11.5. The zero-order valence-electron chi connectivity index (χ0n) is 17.9. The number of aliphatic hydroxyl groups is 2. The summed E-state index contributed by atoms with van der Waals surface area (Å²) in [6.45, 7) is -0.905. The topological polar surface area (TPSA) is 123 Å². The lowest BCUT2D eigenvalue weighted by Crippen LogP contribution is -2.23. The molecule has 3 rings (SSSR count). The molecule has 36 heavy (non-hydrogen) atoms. The van der Waals surface area contributed by atoms with Crippen molar-refractivity contribution >= 4 is 29.1 Å². The van der Waals surface area contributed by atoms with Crippen molar-refractivity contribution in [2.75, 3.05) is 13.2 Å². The lowest BCUT2D eigenvalue weighted by molar-refractivity contribution is -0.274. The molecule has 0 radical (unpaired) electrons. The Balaban J connectivity index is 1.89. The quantitative estimate of drug-likeness (QED) is 0.360. The summed E-state index contributed by atoms with van der Waals surface area (Å²) < 4.78 is 52.3. The number of alkyl halides is 3. The van der Waals surface area contributed by atoms with Gasteiger partial charge in [-0.25, -0.2) is 4.99 Å². The molecule has 0 saturated carbocycles. The Morgan fingerprint density at radius 3 is 2.33 bits per heavy atom. The maximum atomic E-state index is 12.9. The highest BCUT2D eigenvalue weighted by molar-refractivity contribution is 6.42. The molecule has 0 saturated heterocycles. The van der Waals surface area contributed by atoms with Crippen LogP contribution in [0.15, 0.2) is 59.7 Å². The van der Waals surface area contributed by atoms with Crippen LogP contribution in [0.25, 0.3) is 0 Å². The molecule has 1 amide bonds. The number of rotatable bonds is 8. The molecular weight excluding hydrogens is 532 g/mol. The summed E-state index contributed by atoms with van der Waals surface area (Å²) in [7, 11) is 0. The van der Waals surface area contributed by atoms with Gasteiger partial charge in [-0.1, -0.05) is 23.2 Å². The summed E-state index contributed by atoms with van der Waals surface area (Å²) in [4.78, 5) is 16.9. The molecule has 2 aromatic carbocycles. The number of pyridine rings is 1. The van der Waals surface area contributed by atoms with E-state index in [9.17, 15) is 28.3 Å². The molecule has 1 heterocycles. The van der Waals surface area contributed by atoms with Gasteiger partial charge in [0.15, 0.2) is 0 Å². The van der Waals surface area contributed by atoms with Crippen LogP contribution in [0.4, 0.5) is 13.2 Å². The zero-order chi connectivity index (χ0) is 26.5. The highest BCUT2D eigenvalue weighted by Gasteiger charge is 2.31. The van der Waals surface area contributed by atoms with Crippen LogP contribution >= 0.6 is 23.2 Å². The van der Waals surface area contributed by atoms with Crippen molar-refractivity contribution in [2.24, 2.45) is 4.99 Å². The Morgan fingerprint density at radius 1 is 1.06 bits per heavy atom. The lowest BCUT2D eigenvalue weighted by Gasteiger charge is -2.13. The van der Waals surface area contributed by atoms with Gasteiger partial charge in [-0.2, -0.15) is 4.73 Å². The molecule has 0 bridgehead atoms. The van der Waals surface area contributed by atoms with Crippen LogP contribution in [0.3, 0.4) is 0 Å². The van der Waals surface area contributed by atoms with Crippen molar-refractivity contribution in [3.8, 4) is 23.1 Å². The molecule has 192 valence electrons. The van der Waals surface area contributed by atoms with Gasteiger partial charge in [0, 0.05) is 18.3 Å². The van der Waals surface area contributed by atoms with Crippen molar-refractivity contribution < 1.29 is 47.6 Å². The van der Waals surface area contributed by atoms with E-state index in [-0.39, 0.29) is 45.0 Å². The second-order valence-corrected chi connectivity index (χ2v) is 7.83. The summed E-state index contributed by atoms with van der Waals surface area (Å²) in [5, 5.41) is 28.2. The Bertz CT molecular complexity index is 1300. The second-order valence-electron chi connectivity index (χ2n) is 7.02. The lowest BCUT2D eigenvalue weighted by atomic mass is 10.2. The Morgan fingerprint density at radius 2 is 1.69 bits per heavy atom. The van der Waals surface area contributed by atoms with Crippen LogP contribution in [-0.2, 0) is 0 Å². The number of carbonyl (C=O) groups excluding carboxylic acids is 1. The first-order valence-corrected chi connectivity index (χ1v) is 10.7. The van der Waals surface area contributed by atoms with Crippen LogP contribution in [0.1, 0.15) is 10.4 Å². The fourth-order valence-electron chi connectivity index (χ4n) is 2.67. The molecule has 0 aliphatic rings. The SMILES string of the molecule is O=C(N=c1ccn(O)c(OC[C@H](O)CO)c1)c1cc(Cl)c(Cl)cc1Oc1ccc(OC(F)(F)F)cc1. The number of amides is 1. The highest BCUT2D eigenvalue weighted by Crippen LogP contribution is 2.35. The molecule has 9 nitrogen and oxygen atoms in total. The largest absolute Gasteiger partial charge is 0.573 e. The van der Waals surface area contributed by atoms with Gasteiger partial charge < -0.3 is 29.6 Å². The van der Waals surface area contributed by atoms with Gasteiger partial charge in [-0.15, -0.1) is 13.2 Å². The molecule has 0 spiro atoms. The van der Waals surface area contributed by atoms with E-state index in [1.54, 1.807) is 0 Å². The average Bonchev–Trinajstić information content (AvgIpc) is 2.81. The van der Waals surface area contributed by atoms with Gasteiger partial charge in [-0.3, -0.25) is 4.79 Å². The van der Waals surface area contributed by atoms with E-state index in [0.717, 1.165) is 18.3 Å². The van der Waals surface area contributed by atoms with Crippen LogP contribution in [-0.4, -0.2) is 51.7 Å². The van der Waals surface area contributed by atoms with Gasteiger partial charge in [0.05, 0.1) is 27.6 Å². The first-order valence-electron chi connectivity index (χ1n) is 9.90. The maximum absolute atomic E-state index is 12.9. The van der Waals surface area contributed by atoms with Crippen LogP contribution in [0.5, 0.6) is 23.1 Å². The maximum Gasteiger partial charge on any atom is 0.573 e. The van der Waals surface area contributed by atoms with Crippen molar-refractivity contribution in [1.29, 1.82) is 0 Å². The zero-order valence-corrected chi connectivity index (χ0v) is 19.5. The number of hydrogen-bond donors (Lipinski definition) is 3. The third-order valence-corrected chi connectivity index (χ3v) is 5.01. The summed E-state index contributed by atoms with van der Waals surface area (Å²) in [5.74, 6) is -1.50. The third kappa shape index (κ3) is 7.52. The van der Waals surface area contributed by atoms with Crippen LogP contribution in [0, 0.1) is 0 Å². The van der Waals surface area contributed by atoms with E-state index < -0.39 is 30.7 Å². The first kappa shape index (κ1) is 27.1. The van der Waals surface area contributed by atoms with Crippen LogP contribution < -0.4 is 19.6 Å². The van der Waals surface area contributed by atoms with Gasteiger partial charge in [0.1, 0.15) is 30.0 Å². The number of aromatic nitrogens is 1. The molecule has 0 unspecified atom stereocenters. The summed E-state index contributed by atoms with van der Waals surface area (Å²) in [5.41, 5.74) is -0.126. The van der Waals surface area contributed by atoms with E-state index in [4.69, 9.17) is 37.8 Å². The van der Waals surface area contributed by atoms with Gasteiger partial charge in [0.2, 0.25) is 5.88 Å². The van der Waals surface area contributed by atoms with Crippen molar-refractivity contribution in [3.63, 3.8) is 0 Å². The molecular formula is C22H17Cl2F3N2O7. The molecule has 0 aliphatic carbocycles. The average molecular weight is 549 g/mol. The first-order chi connectivity index (χ1) is 16.9. The normalized spacial score (nSPS) is 12.8. The fraction of sp³-hybridized carbons (Fsp3) is 0.182. The minimum absolute atomic E-state index is 0.0137. The number of hydrogen-bond acceptors (Lipinski definition) is 7. The minimum atomic E-state index is -4.86. The van der Waals surface area contributed by atoms with E-state index in [1.807, 2.05) is 0 Å². The number of halogens is 5. The van der Waals surface area contributed by atoms with Gasteiger partial charge in [-0.05, 0) is 36.4 Å². The Labute approximate surface area is 211 Å². The van der Waals surface area contributed by atoms with Gasteiger partial charge >= 0.3 is 6.36 Å². The highest BCUT2D eigenvalue weighted by atomic mass is 35.5. The van der Waals surface area contributed by atoms with E-state index in [0.29, 0.717) is 4.73 Å². The molecule has 14 heteroatoms. The van der Waals surface area contributed by atoms with Gasteiger partial charge in [0.25, 0.3) is 5.91 Å². The van der Waals surface area contributed by atoms with E-state index in [1.165, 1.54) is 36.4 Å². The summed E-state index contributed by atoms with van der Waals surface area (Å²) in [6, 6.07) is 9.35. The molecule has 1 aromatic heterocycles. The Hall–Kier alpha value is -3.45. The fourth-order valence-corrected chi connectivity index (χ4v) is 2.98. The molecule has 3 aromatic rings. The van der Waals surface area contributed by atoms with E-state index in [2.05, 4.69) is 9.73 Å². The minimum Gasteiger partial charge on any atom is -0.474 e. The predicted molar refractivity (Wildman–Crippen MR) is 120 cm³/mol. The Kier molecular flexibility index (Phi) is 8.69. The van der Waals surface area contributed by atoms with Crippen LogP contribution in [0.2, 0.25) is 10.0 Å². The summed E-state index contributed by atoms with van der Waals surface area (Å²) in [6.07, 6.45) is -4.93. The molecule has 0 aliphatic heterocycles. The number of ether oxygens (including phenoxy) is 3. The summed E-state index contributed by atoms with van der Waals surface area (Å²) >= 11 is 12.1. The number of nitrogens with zero attached hydrogens (tertiary/aromatic N) is 2. The number of carbonyl (C=O) groups is 1. The van der Waals surface area contributed by atoms with E-state index >= 15 is 0 Å². The standard InChI is InChI=1S/C22H17Cl2F3N2O7/c23-17-8-16(21(32)28-12-5-6-29(33)20(7-12)34-11-13(31)10-30)19(9-18(17)24)35-14-1-3-15(4-2-14)36-22(25,26)27/h1-9,13,30-31,33H,10-11H2/t13-/m1/s1. The van der Waals surface area contributed by atoms with Crippen molar-refractivity contribution in [2.45, 2.75) is 12.5 Å². The number of benzene rings is 2. The monoisotopic (exact) mass is 548 g/mol. The number of aliphatic hydroxyl groups excluding tert-OH is 2. The third-order valence-electron chi connectivity index (χ3n) is 4.29.